The number of hydrogen-bond donors (Lipinski definition) is 2. The number of aryl methyl sites for hydroxylation is 1. The highest BCUT2D eigenvalue weighted by molar-refractivity contribution is 5.91. The van der Waals surface area contributed by atoms with Crippen molar-refractivity contribution in [2.45, 2.75) is 13.8 Å². The van der Waals surface area contributed by atoms with E-state index >= 15 is 0 Å². The molecule has 0 spiro atoms. The maximum absolute atomic E-state index is 11.8. The molecular weight excluding hydrogens is 192 g/mol. The second-order valence-corrected chi connectivity index (χ2v) is 3.95. The number of anilines is 1. The number of aromatic nitrogens is 2. The SMILES string of the molecule is CC(C)C(CN)C(=O)Nc1ccn(C)n1. The minimum Gasteiger partial charge on any atom is -0.330 e. The summed E-state index contributed by atoms with van der Waals surface area (Å²) in [5.41, 5.74) is 5.55. The largest absolute Gasteiger partial charge is 0.330 e. The lowest BCUT2D eigenvalue weighted by Gasteiger charge is -2.17. The van der Waals surface area contributed by atoms with Crippen LogP contribution in [0.15, 0.2) is 12.3 Å². The Hall–Kier alpha value is -1.36. The fourth-order valence-corrected chi connectivity index (χ4v) is 1.38. The van der Waals surface area contributed by atoms with Gasteiger partial charge in [-0.2, -0.15) is 5.10 Å². The smallest absolute Gasteiger partial charge is 0.230 e. The van der Waals surface area contributed by atoms with E-state index in [9.17, 15) is 4.79 Å². The molecule has 0 saturated heterocycles. The average molecular weight is 210 g/mol. The molecule has 1 rings (SSSR count). The highest BCUT2D eigenvalue weighted by atomic mass is 16.2. The molecule has 1 unspecified atom stereocenters. The van der Waals surface area contributed by atoms with Gasteiger partial charge in [-0.25, -0.2) is 0 Å². The molecular formula is C10H18N4O. The zero-order valence-electron chi connectivity index (χ0n) is 9.40. The highest BCUT2D eigenvalue weighted by Crippen LogP contribution is 2.12. The van der Waals surface area contributed by atoms with Crippen LogP contribution in [0.4, 0.5) is 5.82 Å². The lowest BCUT2D eigenvalue weighted by molar-refractivity contribution is -0.120. The lowest BCUT2D eigenvalue weighted by atomic mass is 9.95. The number of carbonyl (C=O) groups is 1. The molecule has 0 saturated carbocycles. The van der Waals surface area contributed by atoms with E-state index in [0.29, 0.717) is 12.4 Å². The Balaban J connectivity index is 2.62. The first-order valence-corrected chi connectivity index (χ1v) is 5.05. The van der Waals surface area contributed by atoms with Crippen LogP contribution < -0.4 is 11.1 Å². The normalized spacial score (nSPS) is 12.9. The third-order valence-corrected chi connectivity index (χ3v) is 2.36. The molecule has 0 fully saturated rings. The van der Waals surface area contributed by atoms with Crippen molar-refractivity contribution in [1.29, 1.82) is 0 Å². The summed E-state index contributed by atoms with van der Waals surface area (Å²) < 4.78 is 1.64. The Morgan fingerprint density at radius 1 is 1.67 bits per heavy atom. The summed E-state index contributed by atoms with van der Waals surface area (Å²) in [5, 5.41) is 6.81. The first-order chi connectivity index (χ1) is 7.04. The van der Waals surface area contributed by atoms with Gasteiger partial charge >= 0.3 is 0 Å². The second kappa shape index (κ2) is 4.93. The highest BCUT2D eigenvalue weighted by Gasteiger charge is 2.20. The average Bonchev–Trinajstić information content (AvgIpc) is 2.51. The van der Waals surface area contributed by atoms with Crippen LogP contribution in [0.3, 0.4) is 0 Å². The molecule has 0 bridgehead atoms. The Kier molecular flexibility index (Phi) is 3.85. The molecule has 0 aromatic carbocycles. The van der Waals surface area contributed by atoms with Gasteiger partial charge in [0.1, 0.15) is 0 Å². The molecule has 3 N–H and O–H groups in total. The third-order valence-electron chi connectivity index (χ3n) is 2.36. The van der Waals surface area contributed by atoms with Crippen LogP contribution in [0.5, 0.6) is 0 Å². The van der Waals surface area contributed by atoms with Gasteiger partial charge in [0.2, 0.25) is 5.91 Å². The monoisotopic (exact) mass is 210 g/mol. The number of rotatable bonds is 4. The Morgan fingerprint density at radius 2 is 2.33 bits per heavy atom. The molecule has 0 aliphatic carbocycles. The standard InChI is InChI=1S/C10H18N4O/c1-7(2)8(6-11)10(15)12-9-4-5-14(3)13-9/h4-5,7-8H,6,11H2,1-3H3,(H,12,13,15). The predicted molar refractivity (Wildman–Crippen MR) is 59.2 cm³/mol. The first kappa shape index (κ1) is 11.7. The van der Waals surface area contributed by atoms with Crippen molar-refractivity contribution in [2.24, 2.45) is 24.6 Å². The van der Waals surface area contributed by atoms with E-state index in [0.717, 1.165) is 0 Å². The summed E-state index contributed by atoms with van der Waals surface area (Å²) in [6.45, 7) is 4.32. The van der Waals surface area contributed by atoms with E-state index in [1.165, 1.54) is 0 Å². The quantitative estimate of drug-likeness (QED) is 0.764. The Bertz CT molecular complexity index is 332. The van der Waals surface area contributed by atoms with Crippen LogP contribution >= 0.6 is 0 Å². The summed E-state index contributed by atoms with van der Waals surface area (Å²) in [5.74, 6) is 0.582. The Labute approximate surface area is 89.6 Å². The maximum Gasteiger partial charge on any atom is 0.230 e. The molecule has 1 atom stereocenters. The van der Waals surface area contributed by atoms with Crippen LogP contribution in [0.2, 0.25) is 0 Å². The molecule has 5 heteroatoms. The van der Waals surface area contributed by atoms with Crippen LogP contribution in [0.25, 0.3) is 0 Å². The van der Waals surface area contributed by atoms with Crippen molar-refractivity contribution in [3.05, 3.63) is 12.3 Å². The van der Waals surface area contributed by atoms with Crippen LogP contribution in [-0.2, 0) is 11.8 Å². The number of amides is 1. The van der Waals surface area contributed by atoms with Crippen molar-refractivity contribution in [3.63, 3.8) is 0 Å². The second-order valence-electron chi connectivity index (χ2n) is 3.95. The summed E-state index contributed by atoms with van der Waals surface area (Å²) in [6.07, 6.45) is 1.78. The molecule has 0 aliphatic heterocycles. The maximum atomic E-state index is 11.8. The van der Waals surface area contributed by atoms with Crippen molar-refractivity contribution < 1.29 is 4.79 Å². The van der Waals surface area contributed by atoms with E-state index in [-0.39, 0.29) is 17.7 Å². The zero-order chi connectivity index (χ0) is 11.4. The van der Waals surface area contributed by atoms with E-state index in [4.69, 9.17) is 5.73 Å². The molecule has 84 valence electrons. The van der Waals surface area contributed by atoms with Gasteiger partial charge in [-0.05, 0) is 5.92 Å². The van der Waals surface area contributed by atoms with Gasteiger partial charge < -0.3 is 11.1 Å². The summed E-state index contributed by atoms with van der Waals surface area (Å²) >= 11 is 0. The van der Waals surface area contributed by atoms with E-state index < -0.39 is 0 Å². The molecule has 0 radical (unpaired) electrons. The number of nitrogens with two attached hydrogens (primary N) is 1. The molecule has 1 aromatic rings. The van der Waals surface area contributed by atoms with E-state index in [1.807, 2.05) is 13.8 Å². The lowest BCUT2D eigenvalue weighted by Crippen LogP contribution is -2.33. The third kappa shape index (κ3) is 3.06. The number of carbonyl (C=O) groups excluding carboxylic acids is 1. The molecule has 1 amide bonds. The number of hydrogen-bond acceptors (Lipinski definition) is 3. The fraction of sp³-hybridized carbons (Fsp3) is 0.600. The Morgan fingerprint density at radius 3 is 2.73 bits per heavy atom. The predicted octanol–water partition coefficient (Wildman–Crippen LogP) is 0.589. The molecule has 1 heterocycles. The molecule has 1 aromatic heterocycles. The minimum atomic E-state index is -0.160. The summed E-state index contributed by atoms with van der Waals surface area (Å²) in [6, 6.07) is 1.76. The molecule has 15 heavy (non-hydrogen) atoms. The van der Waals surface area contributed by atoms with Gasteiger partial charge in [0.05, 0.1) is 5.92 Å². The number of nitrogens with one attached hydrogen (secondary N) is 1. The number of nitrogens with zero attached hydrogens (tertiary/aromatic N) is 2. The van der Waals surface area contributed by atoms with Gasteiger partial charge in [0.25, 0.3) is 0 Å². The van der Waals surface area contributed by atoms with Gasteiger partial charge in [-0.15, -0.1) is 0 Å². The van der Waals surface area contributed by atoms with Gasteiger partial charge in [-0.3, -0.25) is 9.48 Å². The minimum absolute atomic E-state index is 0.0637. The summed E-state index contributed by atoms with van der Waals surface area (Å²) in [7, 11) is 1.80. The topological polar surface area (TPSA) is 72.9 Å². The van der Waals surface area contributed by atoms with Gasteiger partial charge in [0.15, 0.2) is 5.82 Å². The van der Waals surface area contributed by atoms with Crippen molar-refractivity contribution in [1.82, 2.24) is 9.78 Å². The van der Waals surface area contributed by atoms with E-state index in [2.05, 4.69) is 10.4 Å². The van der Waals surface area contributed by atoms with E-state index in [1.54, 1.807) is 24.0 Å². The first-order valence-electron chi connectivity index (χ1n) is 5.05. The molecule has 5 nitrogen and oxygen atoms in total. The zero-order valence-corrected chi connectivity index (χ0v) is 9.40. The van der Waals surface area contributed by atoms with Crippen LogP contribution in [0, 0.1) is 11.8 Å². The fourth-order valence-electron chi connectivity index (χ4n) is 1.38. The van der Waals surface area contributed by atoms with Crippen molar-refractivity contribution in [2.75, 3.05) is 11.9 Å². The van der Waals surface area contributed by atoms with Crippen molar-refractivity contribution in [3.8, 4) is 0 Å². The van der Waals surface area contributed by atoms with Crippen LogP contribution in [0.1, 0.15) is 13.8 Å². The van der Waals surface area contributed by atoms with Crippen LogP contribution in [-0.4, -0.2) is 22.2 Å². The summed E-state index contributed by atoms with van der Waals surface area (Å²) in [4.78, 5) is 11.8. The van der Waals surface area contributed by atoms with Crippen molar-refractivity contribution >= 4 is 11.7 Å². The van der Waals surface area contributed by atoms with Gasteiger partial charge in [0, 0.05) is 25.9 Å². The van der Waals surface area contributed by atoms with Gasteiger partial charge in [-0.1, -0.05) is 13.8 Å². The molecule has 0 aliphatic rings.